The van der Waals surface area contributed by atoms with Crippen LogP contribution in [-0.4, -0.2) is 34.8 Å². The van der Waals surface area contributed by atoms with Crippen molar-refractivity contribution >= 4 is 28.3 Å². The Morgan fingerprint density at radius 3 is 2.60 bits per heavy atom. The van der Waals surface area contributed by atoms with Crippen molar-refractivity contribution in [2.24, 2.45) is 0 Å². The lowest BCUT2D eigenvalue weighted by Gasteiger charge is -2.14. The van der Waals surface area contributed by atoms with Gasteiger partial charge in [-0.1, -0.05) is 24.3 Å². The predicted octanol–water partition coefficient (Wildman–Crippen LogP) is 3.44. The molecule has 7 nitrogen and oxygen atoms in total. The van der Waals surface area contributed by atoms with Gasteiger partial charge in [-0.2, -0.15) is 0 Å². The summed E-state index contributed by atoms with van der Waals surface area (Å²) in [5.74, 6) is -0.250. The zero-order chi connectivity index (χ0) is 20.8. The molecule has 4 rings (SSSR count). The molecule has 0 aliphatic carbocycles. The Labute approximate surface area is 179 Å². The highest BCUT2D eigenvalue weighted by Gasteiger charge is 2.13. The highest BCUT2D eigenvalue weighted by atomic mass is 32.1. The molecule has 0 atom stereocenters. The van der Waals surface area contributed by atoms with Crippen LogP contribution in [0, 0.1) is 0 Å². The summed E-state index contributed by atoms with van der Waals surface area (Å²) >= 11 is 1.28. The zero-order valence-corrected chi connectivity index (χ0v) is 17.4. The second-order valence-corrected chi connectivity index (χ2v) is 8.19. The van der Waals surface area contributed by atoms with Crippen LogP contribution in [-0.2, 0) is 24.3 Å². The molecule has 0 bridgehead atoms. The molecule has 2 amide bonds. The lowest BCUT2D eigenvalue weighted by atomic mass is 10.1. The monoisotopic (exact) mass is 424 g/mol. The Hall–Kier alpha value is -2.97. The van der Waals surface area contributed by atoms with Gasteiger partial charge in [0.15, 0.2) is 10.9 Å². The maximum Gasteiger partial charge on any atom is 0.293 e. The summed E-state index contributed by atoms with van der Waals surface area (Å²) in [6.07, 6.45) is 4.19. The van der Waals surface area contributed by atoms with Gasteiger partial charge in [0.2, 0.25) is 5.91 Å². The topological polar surface area (TPSA) is 87.5 Å². The van der Waals surface area contributed by atoms with Gasteiger partial charge in [0.25, 0.3) is 5.91 Å². The van der Waals surface area contributed by atoms with Crippen LogP contribution < -0.4 is 10.6 Å². The Balaban J connectivity index is 1.22. The smallest absolute Gasteiger partial charge is 0.293 e. The maximum atomic E-state index is 12.2. The van der Waals surface area contributed by atoms with Crippen molar-refractivity contribution < 1.29 is 14.0 Å². The minimum Gasteiger partial charge on any atom is -0.459 e. The number of hydrogen-bond donors (Lipinski definition) is 2. The molecule has 156 valence electrons. The quantitative estimate of drug-likeness (QED) is 0.578. The van der Waals surface area contributed by atoms with E-state index >= 15 is 0 Å². The first-order chi connectivity index (χ1) is 14.7. The number of hydrogen-bond acceptors (Lipinski definition) is 6. The van der Waals surface area contributed by atoms with Gasteiger partial charge < -0.3 is 9.73 Å². The van der Waals surface area contributed by atoms with Gasteiger partial charge in [-0.05, 0) is 49.2 Å². The van der Waals surface area contributed by atoms with Gasteiger partial charge in [0, 0.05) is 18.5 Å². The molecule has 1 fully saturated rings. The van der Waals surface area contributed by atoms with Crippen molar-refractivity contribution in [3.05, 3.63) is 70.6 Å². The molecule has 2 aromatic heterocycles. The van der Waals surface area contributed by atoms with Gasteiger partial charge >= 0.3 is 0 Å². The minimum absolute atomic E-state index is 0.106. The van der Waals surface area contributed by atoms with E-state index in [1.807, 2.05) is 0 Å². The fourth-order valence-corrected chi connectivity index (χ4v) is 4.11. The Morgan fingerprint density at radius 2 is 1.87 bits per heavy atom. The minimum atomic E-state index is -0.362. The first kappa shape index (κ1) is 20.3. The second-order valence-electron chi connectivity index (χ2n) is 7.33. The molecule has 30 heavy (non-hydrogen) atoms. The summed E-state index contributed by atoms with van der Waals surface area (Å²) < 4.78 is 5.05. The van der Waals surface area contributed by atoms with Crippen molar-refractivity contribution in [3.63, 3.8) is 0 Å². The largest absolute Gasteiger partial charge is 0.459 e. The van der Waals surface area contributed by atoms with Crippen molar-refractivity contribution in [1.29, 1.82) is 0 Å². The molecule has 1 aromatic carbocycles. The number of nitrogens with zero attached hydrogens (tertiary/aromatic N) is 2. The predicted molar refractivity (Wildman–Crippen MR) is 115 cm³/mol. The van der Waals surface area contributed by atoms with Crippen LogP contribution in [0.15, 0.2) is 52.5 Å². The van der Waals surface area contributed by atoms with Crippen LogP contribution in [0.1, 0.15) is 40.2 Å². The van der Waals surface area contributed by atoms with Crippen LogP contribution in [0.5, 0.6) is 0 Å². The van der Waals surface area contributed by atoms with Crippen LogP contribution in [0.4, 0.5) is 5.13 Å². The van der Waals surface area contributed by atoms with Gasteiger partial charge in [0.05, 0.1) is 18.4 Å². The summed E-state index contributed by atoms with van der Waals surface area (Å²) in [6.45, 7) is 3.84. The number of aromatic nitrogens is 1. The standard InChI is InChI=1S/C22H24N4O3S/c27-20(12-18-15-30-22(24-18)25-21(28)19-4-3-11-29-19)23-13-16-5-7-17(8-6-16)14-26-9-1-2-10-26/h3-8,11,15H,1-2,9-10,12-14H2,(H,23,27)(H,24,25,28). The lowest BCUT2D eigenvalue weighted by molar-refractivity contribution is -0.120. The Bertz CT molecular complexity index is 976. The average molecular weight is 425 g/mol. The summed E-state index contributed by atoms with van der Waals surface area (Å²) in [5.41, 5.74) is 2.99. The van der Waals surface area contributed by atoms with Gasteiger partial charge in [-0.25, -0.2) is 4.98 Å². The average Bonchev–Trinajstić information content (AvgIpc) is 3.51. The molecule has 0 radical (unpaired) electrons. The first-order valence-corrected chi connectivity index (χ1v) is 10.9. The van der Waals surface area contributed by atoms with E-state index in [0.29, 0.717) is 17.4 Å². The molecule has 1 saturated heterocycles. The molecule has 0 unspecified atom stereocenters. The molecule has 3 aromatic rings. The number of likely N-dealkylation sites (tertiary alicyclic amines) is 1. The number of amides is 2. The number of benzene rings is 1. The normalized spacial score (nSPS) is 14.0. The molecule has 1 aliphatic rings. The highest BCUT2D eigenvalue weighted by molar-refractivity contribution is 7.14. The third-order valence-electron chi connectivity index (χ3n) is 4.98. The van der Waals surface area contributed by atoms with Crippen LogP contribution in [0.25, 0.3) is 0 Å². The second kappa shape index (κ2) is 9.69. The van der Waals surface area contributed by atoms with E-state index in [9.17, 15) is 9.59 Å². The van der Waals surface area contributed by atoms with Crippen molar-refractivity contribution in [1.82, 2.24) is 15.2 Å². The number of carbonyl (C=O) groups is 2. The molecular formula is C22H24N4O3S. The van der Waals surface area contributed by atoms with Crippen LogP contribution in [0.2, 0.25) is 0 Å². The maximum absolute atomic E-state index is 12.2. The van der Waals surface area contributed by atoms with Crippen molar-refractivity contribution in [2.45, 2.75) is 32.4 Å². The van der Waals surface area contributed by atoms with Crippen LogP contribution in [0.3, 0.4) is 0 Å². The zero-order valence-electron chi connectivity index (χ0n) is 16.6. The number of carbonyl (C=O) groups excluding carboxylic acids is 2. The summed E-state index contributed by atoms with van der Waals surface area (Å²) in [6, 6.07) is 11.6. The van der Waals surface area contributed by atoms with E-state index in [1.165, 1.54) is 49.1 Å². The number of thiazole rings is 1. The first-order valence-electron chi connectivity index (χ1n) is 10.0. The van der Waals surface area contributed by atoms with Gasteiger partial charge in [-0.3, -0.25) is 19.8 Å². The molecule has 0 saturated carbocycles. The molecule has 3 heterocycles. The van der Waals surface area contributed by atoms with E-state index in [4.69, 9.17) is 4.42 Å². The molecule has 8 heteroatoms. The summed E-state index contributed by atoms with van der Waals surface area (Å²) in [4.78, 5) is 31.0. The molecular weight excluding hydrogens is 400 g/mol. The van der Waals surface area contributed by atoms with Crippen molar-refractivity contribution in [2.75, 3.05) is 18.4 Å². The fraction of sp³-hybridized carbons (Fsp3) is 0.318. The van der Waals surface area contributed by atoms with E-state index in [1.54, 1.807) is 17.5 Å². The Kier molecular flexibility index (Phi) is 6.56. The van der Waals surface area contributed by atoms with E-state index in [-0.39, 0.29) is 24.0 Å². The fourth-order valence-electron chi connectivity index (χ4n) is 3.40. The highest BCUT2D eigenvalue weighted by Crippen LogP contribution is 2.17. The third-order valence-corrected chi connectivity index (χ3v) is 5.78. The van der Waals surface area contributed by atoms with Crippen molar-refractivity contribution in [3.8, 4) is 0 Å². The van der Waals surface area contributed by atoms with Crippen LogP contribution >= 0.6 is 11.3 Å². The van der Waals surface area contributed by atoms with E-state index < -0.39 is 0 Å². The van der Waals surface area contributed by atoms with Gasteiger partial charge in [-0.15, -0.1) is 11.3 Å². The van der Waals surface area contributed by atoms with Gasteiger partial charge in [0.1, 0.15) is 0 Å². The number of rotatable bonds is 8. The Morgan fingerprint density at radius 1 is 1.10 bits per heavy atom. The number of furan rings is 1. The number of nitrogens with one attached hydrogen (secondary N) is 2. The van der Waals surface area contributed by atoms with E-state index in [0.717, 1.165) is 12.1 Å². The summed E-state index contributed by atoms with van der Waals surface area (Å²) in [5, 5.41) is 7.80. The number of anilines is 1. The third kappa shape index (κ3) is 5.55. The molecule has 1 aliphatic heterocycles. The lowest BCUT2D eigenvalue weighted by Crippen LogP contribution is -2.24. The molecule has 0 spiro atoms. The summed E-state index contributed by atoms with van der Waals surface area (Å²) in [7, 11) is 0. The molecule has 2 N–H and O–H groups in total. The van der Waals surface area contributed by atoms with E-state index in [2.05, 4.69) is 44.8 Å². The SMILES string of the molecule is O=C(Cc1csc(NC(=O)c2ccco2)n1)NCc1ccc(CN2CCCC2)cc1.